The van der Waals surface area contributed by atoms with Crippen LogP contribution in [0.4, 0.5) is 0 Å². The lowest BCUT2D eigenvalue weighted by molar-refractivity contribution is 0.384. The minimum atomic E-state index is 0.950. The molecule has 0 aliphatic carbocycles. The van der Waals surface area contributed by atoms with Crippen LogP contribution < -0.4 is 0 Å². The molecular weight excluding hydrogens is 216 g/mol. The lowest BCUT2D eigenvalue weighted by Crippen LogP contribution is -2.00. The molecule has 0 heteroatoms. The topological polar surface area (TPSA) is 0 Å². The molecule has 0 aromatic carbocycles. The van der Waals surface area contributed by atoms with Crippen molar-refractivity contribution in [3.63, 3.8) is 0 Å². The van der Waals surface area contributed by atoms with Crippen LogP contribution in [0.25, 0.3) is 0 Å². The second-order valence-corrected chi connectivity index (χ2v) is 6.49. The molecule has 0 saturated heterocycles. The summed E-state index contributed by atoms with van der Waals surface area (Å²) < 4.78 is 0. The van der Waals surface area contributed by atoms with E-state index < -0.39 is 0 Å². The zero-order valence-electron chi connectivity index (χ0n) is 13.6. The first-order valence-electron chi connectivity index (χ1n) is 8.70. The van der Waals surface area contributed by atoms with Crippen LogP contribution in [0.5, 0.6) is 0 Å². The minimum absolute atomic E-state index is 0.950. The standard InChI is InChI=1S/C18H38/c1-5-7-8-9-10-11-12-14-18(4)16-15-17(3)13-6-2/h17-18H,5-16H2,1-4H3/t17-,18+/m1/s1. The number of unbranched alkanes of at least 4 members (excludes halogenated alkanes) is 6. The van der Waals surface area contributed by atoms with Gasteiger partial charge in [-0.3, -0.25) is 0 Å². The number of rotatable bonds is 13. The predicted molar refractivity (Wildman–Crippen MR) is 85.1 cm³/mol. The van der Waals surface area contributed by atoms with Crippen molar-refractivity contribution in [1.29, 1.82) is 0 Å². The molecule has 0 rings (SSSR count). The van der Waals surface area contributed by atoms with E-state index in [2.05, 4.69) is 27.7 Å². The molecule has 110 valence electrons. The van der Waals surface area contributed by atoms with Crippen LogP contribution in [-0.4, -0.2) is 0 Å². The van der Waals surface area contributed by atoms with Crippen LogP contribution in [0.1, 0.15) is 105 Å². The molecular formula is C18H38. The van der Waals surface area contributed by atoms with Gasteiger partial charge >= 0.3 is 0 Å². The maximum Gasteiger partial charge on any atom is -0.0443 e. The normalized spacial score (nSPS) is 14.7. The maximum atomic E-state index is 2.45. The van der Waals surface area contributed by atoms with Crippen molar-refractivity contribution in [3.8, 4) is 0 Å². The molecule has 0 nitrogen and oxygen atoms in total. The third kappa shape index (κ3) is 12.5. The lowest BCUT2D eigenvalue weighted by Gasteiger charge is -2.14. The molecule has 0 aromatic heterocycles. The molecule has 0 aliphatic heterocycles. The Kier molecular flexibility index (Phi) is 13.4. The van der Waals surface area contributed by atoms with Crippen LogP contribution in [0.3, 0.4) is 0 Å². The molecule has 2 atom stereocenters. The Hall–Kier alpha value is 0. The summed E-state index contributed by atoms with van der Waals surface area (Å²) >= 11 is 0. The van der Waals surface area contributed by atoms with Crippen molar-refractivity contribution in [2.24, 2.45) is 11.8 Å². The smallest absolute Gasteiger partial charge is 0.0443 e. The molecule has 0 fully saturated rings. The zero-order valence-corrected chi connectivity index (χ0v) is 13.6. The molecule has 0 aromatic rings. The van der Waals surface area contributed by atoms with Gasteiger partial charge in [0.05, 0.1) is 0 Å². The highest BCUT2D eigenvalue weighted by molar-refractivity contribution is 4.59. The molecule has 0 N–H and O–H groups in total. The summed E-state index contributed by atoms with van der Waals surface area (Å²) in [7, 11) is 0. The highest BCUT2D eigenvalue weighted by atomic mass is 14.1. The van der Waals surface area contributed by atoms with Crippen LogP contribution in [0.15, 0.2) is 0 Å². The van der Waals surface area contributed by atoms with Gasteiger partial charge in [0.25, 0.3) is 0 Å². The predicted octanol–water partition coefficient (Wildman–Crippen LogP) is 6.98. The summed E-state index contributed by atoms with van der Waals surface area (Å²) in [6.45, 7) is 9.47. The van der Waals surface area contributed by atoms with Gasteiger partial charge < -0.3 is 0 Å². The third-order valence-corrected chi connectivity index (χ3v) is 4.23. The van der Waals surface area contributed by atoms with Gasteiger partial charge in [-0.05, 0) is 11.8 Å². The Morgan fingerprint density at radius 3 is 1.56 bits per heavy atom. The van der Waals surface area contributed by atoms with E-state index in [0.717, 1.165) is 11.8 Å². The Morgan fingerprint density at radius 1 is 0.500 bits per heavy atom. The molecule has 0 amide bonds. The van der Waals surface area contributed by atoms with Gasteiger partial charge in [0.2, 0.25) is 0 Å². The van der Waals surface area contributed by atoms with E-state index in [1.165, 1.54) is 77.0 Å². The molecule has 0 saturated carbocycles. The van der Waals surface area contributed by atoms with Gasteiger partial charge in [-0.2, -0.15) is 0 Å². The van der Waals surface area contributed by atoms with Crippen molar-refractivity contribution in [1.82, 2.24) is 0 Å². The second kappa shape index (κ2) is 13.4. The Labute approximate surface area is 117 Å². The molecule has 0 spiro atoms. The van der Waals surface area contributed by atoms with Crippen molar-refractivity contribution in [3.05, 3.63) is 0 Å². The molecule has 0 heterocycles. The van der Waals surface area contributed by atoms with E-state index in [1.54, 1.807) is 0 Å². The molecule has 0 bridgehead atoms. The van der Waals surface area contributed by atoms with E-state index in [4.69, 9.17) is 0 Å². The summed E-state index contributed by atoms with van der Waals surface area (Å²) in [6.07, 6.45) is 17.3. The van der Waals surface area contributed by atoms with Crippen LogP contribution in [0, 0.1) is 11.8 Å². The Morgan fingerprint density at radius 2 is 1.00 bits per heavy atom. The number of hydrogen-bond donors (Lipinski definition) is 0. The first kappa shape index (κ1) is 18.0. The highest BCUT2D eigenvalue weighted by Crippen LogP contribution is 2.20. The van der Waals surface area contributed by atoms with Gasteiger partial charge in [-0.15, -0.1) is 0 Å². The van der Waals surface area contributed by atoms with Crippen LogP contribution in [0.2, 0.25) is 0 Å². The van der Waals surface area contributed by atoms with E-state index >= 15 is 0 Å². The fourth-order valence-corrected chi connectivity index (χ4v) is 2.80. The van der Waals surface area contributed by atoms with Crippen molar-refractivity contribution in [2.45, 2.75) is 105 Å². The third-order valence-electron chi connectivity index (χ3n) is 4.23. The van der Waals surface area contributed by atoms with Gasteiger partial charge in [-0.25, -0.2) is 0 Å². The minimum Gasteiger partial charge on any atom is -0.0654 e. The molecule has 0 radical (unpaired) electrons. The summed E-state index contributed by atoms with van der Waals surface area (Å²) in [4.78, 5) is 0. The van der Waals surface area contributed by atoms with Gasteiger partial charge in [0.1, 0.15) is 0 Å². The fraction of sp³-hybridized carbons (Fsp3) is 1.00. The summed E-state index contributed by atoms with van der Waals surface area (Å²) in [5.41, 5.74) is 0. The SMILES string of the molecule is CCCCCCCCC[C@H](C)CC[C@H](C)CCC. The van der Waals surface area contributed by atoms with E-state index in [9.17, 15) is 0 Å². The largest absolute Gasteiger partial charge is 0.0654 e. The molecule has 0 aliphatic rings. The Balaban J connectivity index is 3.23. The monoisotopic (exact) mass is 254 g/mol. The first-order valence-corrected chi connectivity index (χ1v) is 8.70. The first-order chi connectivity index (χ1) is 8.70. The molecule has 0 unspecified atom stereocenters. The van der Waals surface area contributed by atoms with E-state index in [1.807, 2.05) is 0 Å². The maximum absolute atomic E-state index is 2.45. The average molecular weight is 255 g/mol. The van der Waals surface area contributed by atoms with Gasteiger partial charge in [0.15, 0.2) is 0 Å². The van der Waals surface area contributed by atoms with E-state index in [0.29, 0.717) is 0 Å². The van der Waals surface area contributed by atoms with Crippen LogP contribution >= 0.6 is 0 Å². The van der Waals surface area contributed by atoms with Crippen molar-refractivity contribution in [2.75, 3.05) is 0 Å². The summed E-state index contributed by atoms with van der Waals surface area (Å²) in [6, 6.07) is 0. The Bertz CT molecular complexity index is 150. The summed E-state index contributed by atoms with van der Waals surface area (Å²) in [5.74, 6) is 1.91. The van der Waals surface area contributed by atoms with Crippen LogP contribution in [-0.2, 0) is 0 Å². The quantitative estimate of drug-likeness (QED) is 0.311. The van der Waals surface area contributed by atoms with Gasteiger partial charge in [0, 0.05) is 0 Å². The van der Waals surface area contributed by atoms with Crippen molar-refractivity contribution >= 4 is 0 Å². The number of hydrogen-bond acceptors (Lipinski definition) is 0. The highest BCUT2D eigenvalue weighted by Gasteiger charge is 2.06. The zero-order chi connectivity index (χ0) is 13.6. The summed E-state index contributed by atoms with van der Waals surface area (Å²) in [5, 5.41) is 0. The van der Waals surface area contributed by atoms with Gasteiger partial charge in [-0.1, -0.05) is 105 Å². The molecule has 18 heavy (non-hydrogen) atoms. The van der Waals surface area contributed by atoms with Crippen molar-refractivity contribution < 1.29 is 0 Å². The van der Waals surface area contributed by atoms with E-state index in [-0.39, 0.29) is 0 Å². The second-order valence-electron chi connectivity index (χ2n) is 6.49. The fourth-order valence-electron chi connectivity index (χ4n) is 2.80. The lowest BCUT2D eigenvalue weighted by atomic mass is 9.92. The average Bonchev–Trinajstić information content (AvgIpc) is 2.35.